The molecule has 0 saturated carbocycles. The van der Waals surface area contributed by atoms with E-state index in [1.807, 2.05) is 13.0 Å². The molecule has 0 radical (unpaired) electrons. The van der Waals surface area contributed by atoms with Gasteiger partial charge >= 0.3 is 0 Å². The maximum Gasteiger partial charge on any atom is 0.285 e. The summed E-state index contributed by atoms with van der Waals surface area (Å²) in [5.74, 6) is 1.55. The summed E-state index contributed by atoms with van der Waals surface area (Å²) in [6.07, 6.45) is 0. The number of rotatable bonds is 5. The maximum atomic E-state index is 6.46. The van der Waals surface area contributed by atoms with Crippen LogP contribution in [-0.2, 0) is 0 Å². The Hall–Kier alpha value is -0.223. The van der Waals surface area contributed by atoms with Crippen LogP contribution in [0.4, 0.5) is 0 Å². The van der Waals surface area contributed by atoms with Crippen LogP contribution in [0.15, 0.2) is 15.0 Å². The van der Waals surface area contributed by atoms with E-state index in [2.05, 4.69) is 57.5 Å². The predicted molar refractivity (Wildman–Crippen MR) is 82.8 cm³/mol. The lowest BCUT2D eigenvalue weighted by Crippen LogP contribution is -2.50. The van der Waals surface area contributed by atoms with Gasteiger partial charge in [-0.15, -0.1) is 0 Å². The summed E-state index contributed by atoms with van der Waals surface area (Å²) in [4.78, 5) is 0. The number of furan rings is 1. The second-order valence-electron chi connectivity index (χ2n) is 5.91. The van der Waals surface area contributed by atoms with Gasteiger partial charge in [-0.3, -0.25) is 0 Å². The summed E-state index contributed by atoms with van der Waals surface area (Å²) in [6, 6.07) is 1.97. The van der Waals surface area contributed by atoms with Crippen LogP contribution < -0.4 is 4.43 Å². The first kappa shape index (κ1) is 15.8. The van der Waals surface area contributed by atoms with Crippen molar-refractivity contribution in [2.45, 2.75) is 65.1 Å². The number of halogens is 1. The molecule has 0 fully saturated rings. The molecule has 0 N–H and O–H groups in total. The molecule has 0 saturated heterocycles. The third-order valence-corrected chi connectivity index (χ3v) is 10.3. The van der Waals surface area contributed by atoms with Gasteiger partial charge in [0.05, 0.1) is 0 Å². The molecule has 0 unspecified atom stereocenters. The van der Waals surface area contributed by atoms with Crippen molar-refractivity contribution >= 4 is 24.2 Å². The molecule has 0 amide bonds. The molecule has 2 nitrogen and oxygen atoms in total. The highest BCUT2D eigenvalue weighted by molar-refractivity contribution is 9.10. The minimum atomic E-state index is -1.91. The van der Waals surface area contributed by atoms with Crippen LogP contribution in [0, 0.1) is 6.92 Å². The van der Waals surface area contributed by atoms with Gasteiger partial charge in [-0.05, 0) is 45.5 Å². The Morgan fingerprint density at radius 3 is 1.78 bits per heavy atom. The van der Waals surface area contributed by atoms with E-state index in [0.717, 1.165) is 10.2 Å². The summed E-state index contributed by atoms with van der Waals surface area (Å²) < 4.78 is 13.1. The normalized spacial score (nSPS) is 12.8. The molecule has 0 bridgehead atoms. The summed E-state index contributed by atoms with van der Waals surface area (Å²) in [5.41, 5.74) is 1.65. The molecule has 0 spiro atoms. The molecule has 1 aromatic heterocycles. The second-order valence-corrected chi connectivity index (χ2v) is 12.1. The van der Waals surface area contributed by atoms with Gasteiger partial charge in [0.1, 0.15) is 10.2 Å². The van der Waals surface area contributed by atoms with Crippen molar-refractivity contribution in [2.24, 2.45) is 0 Å². The lowest BCUT2D eigenvalue weighted by atomic mass is 10.5. The maximum absolute atomic E-state index is 6.46. The second kappa shape index (κ2) is 5.82. The quantitative estimate of drug-likeness (QED) is 0.626. The average Bonchev–Trinajstić information content (AvgIpc) is 2.51. The molecule has 0 aliphatic rings. The molecule has 0 atom stereocenters. The Kier molecular flexibility index (Phi) is 5.12. The van der Waals surface area contributed by atoms with Crippen molar-refractivity contribution in [1.82, 2.24) is 0 Å². The van der Waals surface area contributed by atoms with Crippen LogP contribution in [0.2, 0.25) is 16.6 Å². The van der Waals surface area contributed by atoms with E-state index in [0.29, 0.717) is 22.6 Å². The molecule has 1 rings (SSSR count). The van der Waals surface area contributed by atoms with E-state index in [4.69, 9.17) is 8.84 Å². The average molecular weight is 333 g/mol. The van der Waals surface area contributed by atoms with Crippen LogP contribution in [0.5, 0.6) is 5.95 Å². The molecule has 0 aliphatic heterocycles. The molecule has 1 heterocycles. The highest BCUT2D eigenvalue weighted by Gasteiger charge is 2.48. The molecular weight excluding hydrogens is 308 g/mol. The Bertz CT molecular complexity index is 375. The van der Waals surface area contributed by atoms with Gasteiger partial charge in [-0.1, -0.05) is 41.5 Å². The fourth-order valence-electron chi connectivity index (χ4n) is 3.05. The van der Waals surface area contributed by atoms with Crippen LogP contribution in [0.1, 0.15) is 47.3 Å². The van der Waals surface area contributed by atoms with Gasteiger partial charge in [0, 0.05) is 0 Å². The molecule has 0 aliphatic carbocycles. The van der Waals surface area contributed by atoms with Gasteiger partial charge in [0.15, 0.2) is 0 Å². The minimum absolute atomic E-state index is 0.551. The van der Waals surface area contributed by atoms with Crippen molar-refractivity contribution in [3.05, 3.63) is 16.3 Å². The largest absolute Gasteiger partial charge is 0.517 e. The first-order valence-corrected chi connectivity index (χ1v) is 9.60. The van der Waals surface area contributed by atoms with Gasteiger partial charge in [-0.25, -0.2) is 0 Å². The molecule has 1 aromatic rings. The number of hydrogen-bond donors (Lipinski definition) is 0. The molecule has 4 heteroatoms. The van der Waals surface area contributed by atoms with Gasteiger partial charge in [0.2, 0.25) is 0 Å². The summed E-state index contributed by atoms with van der Waals surface area (Å²) >= 11 is 3.52. The highest BCUT2D eigenvalue weighted by Crippen LogP contribution is 2.44. The van der Waals surface area contributed by atoms with E-state index >= 15 is 0 Å². The zero-order valence-electron chi connectivity index (χ0n) is 12.5. The van der Waals surface area contributed by atoms with Crippen LogP contribution >= 0.6 is 15.9 Å². The smallest absolute Gasteiger partial charge is 0.285 e. The topological polar surface area (TPSA) is 22.4 Å². The molecule has 0 aromatic carbocycles. The highest BCUT2D eigenvalue weighted by atomic mass is 79.9. The first-order valence-electron chi connectivity index (χ1n) is 6.66. The molecule has 104 valence electrons. The van der Waals surface area contributed by atoms with Gasteiger partial charge in [0.25, 0.3) is 14.3 Å². The Morgan fingerprint density at radius 2 is 1.50 bits per heavy atom. The standard InChI is InChI=1S/C14H25BrO2Si/c1-9(2)18(10(3)4,11(5)6)17-14-13(15)8-12(7)16-14/h8-11H,1-7H3. The van der Waals surface area contributed by atoms with E-state index in [9.17, 15) is 0 Å². The number of hydrogen-bond acceptors (Lipinski definition) is 2. The zero-order chi connectivity index (χ0) is 14.1. The fourth-order valence-corrected chi connectivity index (χ4v) is 8.86. The van der Waals surface area contributed by atoms with E-state index < -0.39 is 8.32 Å². The van der Waals surface area contributed by atoms with Crippen molar-refractivity contribution in [2.75, 3.05) is 0 Å². The predicted octanol–water partition coefficient (Wildman–Crippen LogP) is 5.90. The van der Waals surface area contributed by atoms with Crippen molar-refractivity contribution in [3.8, 4) is 5.95 Å². The van der Waals surface area contributed by atoms with Crippen molar-refractivity contribution in [1.29, 1.82) is 0 Å². The third-order valence-electron chi connectivity index (χ3n) is 3.76. The van der Waals surface area contributed by atoms with Gasteiger partial charge in [-0.2, -0.15) is 0 Å². The van der Waals surface area contributed by atoms with Gasteiger partial charge < -0.3 is 8.84 Å². The first-order chi connectivity index (χ1) is 8.21. The fraction of sp³-hybridized carbons (Fsp3) is 0.714. The lowest BCUT2D eigenvalue weighted by Gasteiger charge is -2.41. The van der Waals surface area contributed by atoms with Crippen molar-refractivity contribution in [3.63, 3.8) is 0 Å². The summed E-state index contributed by atoms with van der Waals surface area (Å²) in [6.45, 7) is 15.6. The van der Waals surface area contributed by atoms with Crippen molar-refractivity contribution < 1.29 is 8.84 Å². The molecule has 18 heavy (non-hydrogen) atoms. The lowest BCUT2D eigenvalue weighted by molar-refractivity contribution is 0.347. The summed E-state index contributed by atoms with van der Waals surface area (Å²) in [5, 5.41) is 0. The Morgan fingerprint density at radius 1 is 1.06 bits per heavy atom. The summed E-state index contributed by atoms with van der Waals surface area (Å²) in [7, 11) is -1.91. The van der Waals surface area contributed by atoms with Crippen LogP contribution in [0.25, 0.3) is 0 Å². The van der Waals surface area contributed by atoms with E-state index in [1.54, 1.807) is 0 Å². The third kappa shape index (κ3) is 2.85. The Labute approximate surface area is 120 Å². The number of aryl methyl sites for hydroxylation is 1. The SMILES string of the molecule is Cc1cc(Br)c(O[Si](C(C)C)(C(C)C)C(C)C)o1. The minimum Gasteiger partial charge on any atom is -0.517 e. The molecular formula is C14H25BrO2Si. The monoisotopic (exact) mass is 332 g/mol. The van der Waals surface area contributed by atoms with Crippen LogP contribution in [0.3, 0.4) is 0 Å². The zero-order valence-corrected chi connectivity index (χ0v) is 15.1. The van der Waals surface area contributed by atoms with E-state index in [-0.39, 0.29) is 0 Å². The van der Waals surface area contributed by atoms with Crippen LogP contribution in [-0.4, -0.2) is 8.32 Å². The van der Waals surface area contributed by atoms with E-state index in [1.165, 1.54) is 0 Å². The Balaban J connectivity index is 3.16.